The van der Waals surface area contributed by atoms with Crippen molar-refractivity contribution in [2.24, 2.45) is 0 Å². The number of piperazine rings is 1. The second kappa shape index (κ2) is 6.42. The van der Waals surface area contributed by atoms with Crippen LogP contribution in [0.2, 0.25) is 0 Å². The first-order valence-corrected chi connectivity index (χ1v) is 8.06. The molecule has 1 aliphatic rings. The monoisotopic (exact) mass is 313 g/mol. The van der Waals surface area contributed by atoms with E-state index in [1.54, 1.807) is 25.1 Å². The quantitative estimate of drug-likeness (QED) is 0.783. The molecule has 1 aromatic rings. The van der Waals surface area contributed by atoms with E-state index in [9.17, 15) is 13.2 Å². The number of methoxy groups -OCH3 is 1. The number of carbonyl (C=O) groups excluding carboxylic acids is 1. The van der Waals surface area contributed by atoms with E-state index in [4.69, 9.17) is 0 Å². The van der Waals surface area contributed by atoms with E-state index in [1.807, 2.05) is 0 Å². The van der Waals surface area contributed by atoms with Crippen LogP contribution in [-0.4, -0.2) is 52.0 Å². The molecule has 0 aromatic heterocycles. The Labute approximate surface area is 124 Å². The van der Waals surface area contributed by atoms with Crippen molar-refractivity contribution in [3.63, 3.8) is 0 Å². The summed E-state index contributed by atoms with van der Waals surface area (Å²) in [6, 6.07) is 4.85. The fraction of sp³-hybridized carbons (Fsp3) is 0.462. The molecular formula is C13H19N3O4S. The molecule has 0 spiro atoms. The van der Waals surface area contributed by atoms with Crippen molar-refractivity contribution in [3.05, 3.63) is 29.3 Å². The zero-order valence-electron chi connectivity index (χ0n) is 12.0. The van der Waals surface area contributed by atoms with Crippen LogP contribution in [0.5, 0.6) is 0 Å². The Morgan fingerprint density at radius 3 is 2.62 bits per heavy atom. The van der Waals surface area contributed by atoms with Crippen molar-refractivity contribution in [2.45, 2.75) is 6.92 Å². The zero-order valence-corrected chi connectivity index (χ0v) is 12.9. The standard InChI is InChI=1S/C13H19N3O4S/c1-10-11(13(17)20-2)4-3-5-12(10)15-21(18,19)16-8-6-14-7-9-16/h3-5,14-15H,6-9H2,1-2H3. The molecule has 7 nitrogen and oxygen atoms in total. The highest BCUT2D eigenvalue weighted by Crippen LogP contribution is 2.21. The van der Waals surface area contributed by atoms with Crippen LogP contribution < -0.4 is 10.0 Å². The molecule has 116 valence electrons. The van der Waals surface area contributed by atoms with Crippen LogP contribution in [0.25, 0.3) is 0 Å². The fourth-order valence-corrected chi connectivity index (χ4v) is 3.46. The lowest BCUT2D eigenvalue weighted by atomic mass is 10.1. The summed E-state index contributed by atoms with van der Waals surface area (Å²) in [5.41, 5.74) is 1.28. The van der Waals surface area contributed by atoms with Gasteiger partial charge in [-0.25, -0.2) is 4.79 Å². The lowest BCUT2D eigenvalue weighted by Gasteiger charge is -2.27. The molecule has 0 amide bonds. The molecule has 1 aliphatic heterocycles. The van der Waals surface area contributed by atoms with Crippen molar-refractivity contribution in [1.82, 2.24) is 9.62 Å². The molecule has 0 aliphatic carbocycles. The summed E-state index contributed by atoms with van der Waals surface area (Å²) in [6.07, 6.45) is 0. The highest BCUT2D eigenvalue weighted by Gasteiger charge is 2.24. The number of nitrogens with one attached hydrogen (secondary N) is 2. The zero-order chi connectivity index (χ0) is 15.5. The first-order valence-electron chi connectivity index (χ1n) is 6.62. The van der Waals surface area contributed by atoms with Gasteiger partial charge in [-0.15, -0.1) is 0 Å². The summed E-state index contributed by atoms with van der Waals surface area (Å²) >= 11 is 0. The molecule has 2 rings (SSSR count). The lowest BCUT2D eigenvalue weighted by molar-refractivity contribution is 0.0600. The van der Waals surface area contributed by atoms with Crippen molar-refractivity contribution in [2.75, 3.05) is 38.0 Å². The second-order valence-corrected chi connectivity index (χ2v) is 6.40. The molecule has 0 saturated carbocycles. The Morgan fingerprint density at radius 1 is 1.33 bits per heavy atom. The Morgan fingerprint density at radius 2 is 2.00 bits per heavy atom. The SMILES string of the molecule is COC(=O)c1cccc(NS(=O)(=O)N2CCNCC2)c1C. The molecule has 0 atom stereocenters. The van der Waals surface area contributed by atoms with Crippen molar-refractivity contribution in [3.8, 4) is 0 Å². The van der Waals surface area contributed by atoms with Crippen LogP contribution in [0.4, 0.5) is 5.69 Å². The lowest BCUT2D eigenvalue weighted by Crippen LogP contribution is -2.48. The van der Waals surface area contributed by atoms with Crippen LogP contribution >= 0.6 is 0 Å². The first-order chi connectivity index (χ1) is 9.95. The molecule has 1 heterocycles. The summed E-state index contributed by atoms with van der Waals surface area (Å²) in [4.78, 5) is 11.6. The number of nitrogens with zero attached hydrogens (tertiary/aromatic N) is 1. The number of hydrogen-bond donors (Lipinski definition) is 2. The van der Waals surface area contributed by atoms with Gasteiger partial charge in [0.2, 0.25) is 0 Å². The van der Waals surface area contributed by atoms with Gasteiger partial charge in [0.05, 0.1) is 18.4 Å². The predicted molar refractivity (Wildman–Crippen MR) is 79.5 cm³/mol. The minimum atomic E-state index is -3.62. The fourth-order valence-electron chi connectivity index (χ4n) is 2.17. The van der Waals surface area contributed by atoms with Crippen LogP contribution in [0.15, 0.2) is 18.2 Å². The van der Waals surface area contributed by atoms with Gasteiger partial charge in [0, 0.05) is 26.2 Å². The van der Waals surface area contributed by atoms with E-state index < -0.39 is 16.2 Å². The average Bonchev–Trinajstić information content (AvgIpc) is 2.49. The maximum absolute atomic E-state index is 12.3. The molecule has 0 radical (unpaired) electrons. The Balaban J connectivity index is 2.25. The number of benzene rings is 1. The largest absolute Gasteiger partial charge is 0.465 e. The van der Waals surface area contributed by atoms with Gasteiger partial charge in [-0.1, -0.05) is 6.07 Å². The number of hydrogen-bond acceptors (Lipinski definition) is 5. The maximum atomic E-state index is 12.3. The molecule has 0 unspecified atom stereocenters. The van der Waals surface area contributed by atoms with Gasteiger partial charge in [-0.2, -0.15) is 12.7 Å². The number of anilines is 1. The van der Waals surface area contributed by atoms with Gasteiger partial charge < -0.3 is 10.1 Å². The summed E-state index contributed by atoms with van der Waals surface area (Å²) in [7, 11) is -2.33. The third-order valence-electron chi connectivity index (χ3n) is 3.39. The van der Waals surface area contributed by atoms with Crippen LogP contribution in [0, 0.1) is 6.92 Å². The van der Waals surface area contributed by atoms with E-state index in [1.165, 1.54) is 11.4 Å². The topological polar surface area (TPSA) is 87.7 Å². The number of esters is 1. The van der Waals surface area contributed by atoms with Gasteiger partial charge in [-0.05, 0) is 24.6 Å². The Kier molecular flexibility index (Phi) is 4.81. The summed E-state index contributed by atoms with van der Waals surface area (Å²) in [5.74, 6) is -0.490. The molecule has 1 saturated heterocycles. The highest BCUT2D eigenvalue weighted by atomic mass is 32.2. The minimum Gasteiger partial charge on any atom is -0.465 e. The van der Waals surface area contributed by atoms with E-state index in [2.05, 4.69) is 14.8 Å². The minimum absolute atomic E-state index is 0.345. The molecule has 0 bridgehead atoms. The van der Waals surface area contributed by atoms with Gasteiger partial charge in [0.1, 0.15) is 0 Å². The first kappa shape index (κ1) is 15.7. The van der Waals surface area contributed by atoms with Crippen molar-refractivity contribution >= 4 is 21.9 Å². The third-order valence-corrected chi connectivity index (χ3v) is 4.92. The van der Waals surface area contributed by atoms with Gasteiger partial charge in [-0.3, -0.25) is 4.72 Å². The molecule has 1 fully saturated rings. The average molecular weight is 313 g/mol. The third kappa shape index (κ3) is 3.52. The number of rotatable bonds is 4. The summed E-state index contributed by atoms with van der Waals surface area (Å²) < 4.78 is 33.3. The molecule has 1 aromatic carbocycles. The molecule has 2 N–H and O–H groups in total. The predicted octanol–water partition coefficient (Wildman–Crippen LogP) is 0.344. The normalized spacial score (nSPS) is 16.5. The van der Waals surface area contributed by atoms with Crippen LogP contribution in [-0.2, 0) is 14.9 Å². The van der Waals surface area contributed by atoms with E-state index in [0.717, 1.165) is 0 Å². The van der Waals surface area contributed by atoms with Crippen molar-refractivity contribution in [1.29, 1.82) is 0 Å². The van der Waals surface area contributed by atoms with E-state index >= 15 is 0 Å². The molecular weight excluding hydrogens is 294 g/mol. The Bertz CT molecular complexity index is 624. The van der Waals surface area contributed by atoms with Gasteiger partial charge in [0.15, 0.2) is 0 Å². The molecule has 8 heteroatoms. The van der Waals surface area contributed by atoms with Crippen LogP contribution in [0.3, 0.4) is 0 Å². The van der Waals surface area contributed by atoms with Gasteiger partial charge >= 0.3 is 16.2 Å². The number of carbonyl (C=O) groups is 1. The van der Waals surface area contributed by atoms with E-state index in [-0.39, 0.29) is 0 Å². The van der Waals surface area contributed by atoms with Gasteiger partial charge in [0.25, 0.3) is 0 Å². The van der Waals surface area contributed by atoms with Crippen molar-refractivity contribution < 1.29 is 17.9 Å². The van der Waals surface area contributed by atoms with E-state index in [0.29, 0.717) is 43.0 Å². The number of ether oxygens (including phenoxy) is 1. The van der Waals surface area contributed by atoms with Crippen LogP contribution in [0.1, 0.15) is 15.9 Å². The summed E-state index contributed by atoms with van der Waals surface area (Å²) in [5, 5.41) is 3.10. The molecule has 21 heavy (non-hydrogen) atoms. The maximum Gasteiger partial charge on any atom is 0.338 e. The smallest absolute Gasteiger partial charge is 0.338 e. The summed E-state index contributed by atoms with van der Waals surface area (Å²) in [6.45, 7) is 3.78. The second-order valence-electron chi connectivity index (χ2n) is 4.73. The highest BCUT2D eigenvalue weighted by molar-refractivity contribution is 7.90. The Hall–Kier alpha value is -1.64.